The SMILES string of the molecule is CS(=O)Nc1c(Cl)cc(Cl)cc1C(=O)O. The summed E-state index contributed by atoms with van der Waals surface area (Å²) in [6.45, 7) is 0. The van der Waals surface area contributed by atoms with Gasteiger partial charge in [-0.2, -0.15) is 0 Å². The quantitative estimate of drug-likeness (QED) is 0.884. The molecule has 0 bridgehead atoms. The van der Waals surface area contributed by atoms with Crippen LogP contribution in [0, 0.1) is 0 Å². The van der Waals surface area contributed by atoms with Crippen LogP contribution in [0.1, 0.15) is 10.4 Å². The number of hydrogen-bond acceptors (Lipinski definition) is 2. The molecule has 2 N–H and O–H groups in total. The minimum Gasteiger partial charge on any atom is -0.478 e. The Kier molecular flexibility index (Phi) is 3.96. The summed E-state index contributed by atoms with van der Waals surface area (Å²) in [7, 11) is -1.40. The summed E-state index contributed by atoms with van der Waals surface area (Å²) in [5.74, 6) is -1.19. The van der Waals surface area contributed by atoms with Gasteiger partial charge in [-0.1, -0.05) is 23.2 Å². The van der Waals surface area contributed by atoms with Crippen LogP contribution in [0.4, 0.5) is 5.69 Å². The molecule has 1 rings (SSSR count). The monoisotopic (exact) mass is 267 g/mol. The Balaban J connectivity index is 3.33. The van der Waals surface area contributed by atoms with Gasteiger partial charge >= 0.3 is 5.97 Å². The van der Waals surface area contributed by atoms with E-state index in [4.69, 9.17) is 28.3 Å². The van der Waals surface area contributed by atoms with Crippen molar-refractivity contribution in [2.75, 3.05) is 11.0 Å². The number of carboxylic acid groups (broad SMARTS) is 1. The molecular formula is C8H7Cl2NO3S. The van der Waals surface area contributed by atoms with Gasteiger partial charge in [-0.15, -0.1) is 0 Å². The Morgan fingerprint density at radius 2 is 2.07 bits per heavy atom. The normalized spacial score (nSPS) is 12.2. The highest BCUT2D eigenvalue weighted by Gasteiger charge is 2.15. The number of anilines is 1. The first-order valence-corrected chi connectivity index (χ1v) is 6.05. The van der Waals surface area contributed by atoms with Crippen molar-refractivity contribution in [1.82, 2.24) is 0 Å². The molecule has 0 heterocycles. The molecule has 4 nitrogen and oxygen atoms in total. The molecule has 82 valence electrons. The average Bonchev–Trinajstić information content (AvgIpc) is 2.08. The Morgan fingerprint density at radius 3 is 2.53 bits per heavy atom. The van der Waals surface area contributed by atoms with E-state index >= 15 is 0 Å². The van der Waals surface area contributed by atoms with Gasteiger partial charge in [0.2, 0.25) is 0 Å². The van der Waals surface area contributed by atoms with Gasteiger partial charge in [-0.3, -0.25) is 0 Å². The lowest BCUT2D eigenvalue weighted by Crippen LogP contribution is -2.08. The second-order valence-electron chi connectivity index (χ2n) is 2.67. The van der Waals surface area contributed by atoms with E-state index in [2.05, 4.69) is 4.72 Å². The number of rotatable bonds is 3. The lowest BCUT2D eigenvalue weighted by Gasteiger charge is -2.09. The standard InChI is InChI=1S/C8H7Cl2NO3S/c1-15(14)11-7-5(8(12)13)2-4(9)3-6(7)10/h2-3,11H,1H3,(H,12,13). The molecule has 0 saturated heterocycles. The minimum atomic E-state index is -1.40. The highest BCUT2D eigenvalue weighted by Crippen LogP contribution is 2.30. The van der Waals surface area contributed by atoms with E-state index in [1.807, 2.05) is 0 Å². The predicted molar refractivity (Wildman–Crippen MR) is 61.1 cm³/mol. The lowest BCUT2D eigenvalue weighted by atomic mass is 10.2. The first-order chi connectivity index (χ1) is 6.91. The smallest absolute Gasteiger partial charge is 0.337 e. The second kappa shape index (κ2) is 4.83. The van der Waals surface area contributed by atoms with Crippen LogP contribution in [0.25, 0.3) is 0 Å². The van der Waals surface area contributed by atoms with E-state index in [-0.39, 0.29) is 21.3 Å². The van der Waals surface area contributed by atoms with Crippen molar-refractivity contribution in [3.05, 3.63) is 27.7 Å². The van der Waals surface area contributed by atoms with Gasteiger partial charge in [-0.05, 0) is 12.1 Å². The third-order valence-corrected chi connectivity index (χ3v) is 2.54. The summed E-state index contributed by atoms with van der Waals surface area (Å²) in [4.78, 5) is 10.9. The minimum absolute atomic E-state index is 0.106. The van der Waals surface area contributed by atoms with Crippen LogP contribution in [-0.2, 0) is 11.0 Å². The molecule has 0 saturated carbocycles. The molecule has 1 aromatic carbocycles. The van der Waals surface area contributed by atoms with Crippen LogP contribution in [0.5, 0.6) is 0 Å². The molecule has 0 fully saturated rings. The zero-order valence-corrected chi connectivity index (χ0v) is 9.91. The molecule has 1 atom stereocenters. The predicted octanol–water partition coefficient (Wildman–Crippen LogP) is 2.40. The van der Waals surface area contributed by atoms with Crippen LogP contribution in [0.3, 0.4) is 0 Å². The summed E-state index contributed by atoms with van der Waals surface area (Å²) in [5.41, 5.74) is -0.00269. The molecule has 1 unspecified atom stereocenters. The van der Waals surface area contributed by atoms with Crippen LogP contribution >= 0.6 is 23.2 Å². The average molecular weight is 268 g/mol. The molecule has 15 heavy (non-hydrogen) atoms. The van der Waals surface area contributed by atoms with Gasteiger partial charge in [0.1, 0.15) is 11.0 Å². The number of carboxylic acids is 1. The van der Waals surface area contributed by atoms with Crippen molar-refractivity contribution in [1.29, 1.82) is 0 Å². The van der Waals surface area contributed by atoms with Crippen molar-refractivity contribution in [3.8, 4) is 0 Å². The maximum absolute atomic E-state index is 10.9. The maximum Gasteiger partial charge on any atom is 0.337 e. The summed E-state index contributed by atoms with van der Waals surface area (Å²) in [5, 5.41) is 9.20. The number of carbonyl (C=O) groups is 1. The van der Waals surface area contributed by atoms with Crippen molar-refractivity contribution in [3.63, 3.8) is 0 Å². The summed E-state index contributed by atoms with van der Waals surface area (Å²) in [6.07, 6.45) is 1.37. The Hall–Kier alpha value is -0.780. The van der Waals surface area contributed by atoms with E-state index < -0.39 is 17.0 Å². The maximum atomic E-state index is 10.9. The van der Waals surface area contributed by atoms with Crippen molar-refractivity contribution in [2.24, 2.45) is 0 Å². The van der Waals surface area contributed by atoms with Crippen LogP contribution in [-0.4, -0.2) is 21.5 Å². The van der Waals surface area contributed by atoms with Crippen molar-refractivity contribution < 1.29 is 14.1 Å². The van der Waals surface area contributed by atoms with Crippen LogP contribution in [0.15, 0.2) is 12.1 Å². The molecule has 0 spiro atoms. The van der Waals surface area contributed by atoms with E-state index in [0.29, 0.717) is 0 Å². The van der Waals surface area contributed by atoms with Gasteiger partial charge in [0, 0.05) is 11.3 Å². The Morgan fingerprint density at radius 1 is 1.47 bits per heavy atom. The number of aromatic carboxylic acids is 1. The fraction of sp³-hybridized carbons (Fsp3) is 0.125. The van der Waals surface area contributed by atoms with E-state index in [1.54, 1.807) is 0 Å². The number of hydrogen-bond donors (Lipinski definition) is 2. The van der Waals surface area contributed by atoms with Crippen molar-refractivity contribution >= 4 is 45.8 Å². The topological polar surface area (TPSA) is 66.4 Å². The fourth-order valence-corrected chi connectivity index (χ4v) is 2.09. The molecule has 0 radical (unpaired) electrons. The first kappa shape index (κ1) is 12.3. The highest BCUT2D eigenvalue weighted by molar-refractivity contribution is 7.85. The summed E-state index contributed by atoms with van der Waals surface area (Å²) >= 11 is 11.4. The van der Waals surface area contributed by atoms with Gasteiger partial charge in [-0.25, -0.2) is 9.00 Å². The molecule has 0 aromatic heterocycles. The molecule has 0 amide bonds. The number of halogens is 2. The van der Waals surface area contributed by atoms with E-state index in [1.165, 1.54) is 18.4 Å². The lowest BCUT2D eigenvalue weighted by molar-refractivity contribution is 0.0698. The fourth-order valence-electron chi connectivity index (χ4n) is 0.990. The van der Waals surface area contributed by atoms with Crippen molar-refractivity contribution in [2.45, 2.75) is 0 Å². The first-order valence-electron chi connectivity index (χ1n) is 3.74. The molecule has 1 aromatic rings. The number of benzene rings is 1. The zero-order valence-electron chi connectivity index (χ0n) is 7.58. The largest absolute Gasteiger partial charge is 0.478 e. The van der Waals surface area contributed by atoms with Crippen LogP contribution in [0.2, 0.25) is 10.0 Å². The Labute approximate surface area is 98.8 Å². The van der Waals surface area contributed by atoms with E-state index in [0.717, 1.165) is 0 Å². The summed E-state index contributed by atoms with van der Waals surface area (Å²) in [6, 6.07) is 2.62. The van der Waals surface area contributed by atoms with E-state index in [9.17, 15) is 9.00 Å². The van der Waals surface area contributed by atoms with Gasteiger partial charge < -0.3 is 9.83 Å². The molecular weight excluding hydrogens is 261 g/mol. The molecule has 0 aliphatic carbocycles. The third-order valence-electron chi connectivity index (χ3n) is 1.53. The second-order valence-corrected chi connectivity index (χ2v) is 4.63. The Bertz CT molecular complexity index is 436. The van der Waals surface area contributed by atoms with Gasteiger partial charge in [0.05, 0.1) is 16.3 Å². The third kappa shape index (κ3) is 3.09. The molecule has 0 aliphatic rings. The van der Waals surface area contributed by atoms with Gasteiger partial charge in [0.15, 0.2) is 0 Å². The highest BCUT2D eigenvalue weighted by atomic mass is 35.5. The molecule has 7 heteroatoms. The van der Waals surface area contributed by atoms with Crippen LogP contribution < -0.4 is 4.72 Å². The van der Waals surface area contributed by atoms with Gasteiger partial charge in [0.25, 0.3) is 0 Å². The molecule has 0 aliphatic heterocycles. The zero-order chi connectivity index (χ0) is 11.6. The summed E-state index contributed by atoms with van der Waals surface area (Å²) < 4.78 is 13.4. The number of nitrogens with one attached hydrogen (secondary N) is 1.